The highest BCUT2D eigenvalue weighted by molar-refractivity contribution is 5.10. The molecule has 1 aliphatic rings. The van der Waals surface area contributed by atoms with E-state index in [1.165, 1.54) is 31.2 Å². The number of nitrogens with one attached hydrogen (secondary N) is 1. The molecule has 1 N–H and O–H groups in total. The fourth-order valence-corrected chi connectivity index (χ4v) is 2.20. The minimum atomic E-state index is 0.399. The molecule has 3 nitrogen and oxygen atoms in total. The van der Waals surface area contributed by atoms with Crippen molar-refractivity contribution in [1.29, 1.82) is 0 Å². The van der Waals surface area contributed by atoms with Crippen LogP contribution in [-0.2, 0) is 7.05 Å². The molecular weight excluding hydrogens is 198 g/mol. The summed E-state index contributed by atoms with van der Waals surface area (Å²) in [7, 11) is 1.96. The first-order valence-corrected chi connectivity index (χ1v) is 6.15. The summed E-state index contributed by atoms with van der Waals surface area (Å²) in [5, 5.41) is 7.73. The lowest BCUT2D eigenvalue weighted by atomic mass is 10.1. The highest BCUT2D eigenvalue weighted by atomic mass is 15.2. The van der Waals surface area contributed by atoms with E-state index in [-0.39, 0.29) is 0 Å². The van der Waals surface area contributed by atoms with Gasteiger partial charge in [0.05, 0.1) is 6.20 Å². The van der Waals surface area contributed by atoms with Gasteiger partial charge in [-0.3, -0.25) is 4.68 Å². The van der Waals surface area contributed by atoms with Crippen LogP contribution < -0.4 is 5.32 Å². The van der Waals surface area contributed by atoms with Gasteiger partial charge in [-0.05, 0) is 39.2 Å². The van der Waals surface area contributed by atoms with E-state index in [1.807, 2.05) is 17.9 Å². The summed E-state index contributed by atoms with van der Waals surface area (Å²) in [6, 6.07) is 0.399. The molecule has 1 aromatic rings. The Bertz CT molecular complexity index is 365. The third-order valence-electron chi connectivity index (χ3n) is 3.26. The summed E-state index contributed by atoms with van der Waals surface area (Å²) in [6.07, 6.45) is 11.6. The molecule has 3 heteroatoms. The third-order valence-corrected chi connectivity index (χ3v) is 3.26. The molecule has 1 atom stereocenters. The molecule has 1 aliphatic carbocycles. The maximum atomic E-state index is 4.19. The van der Waals surface area contributed by atoms with E-state index >= 15 is 0 Å². The molecule has 0 fully saturated rings. The number of hydrogen-bond donors (Lipinski definition) is 1. The first-order chi connectivity index (χ1) is 7.75. The summed E-state index contributed by atoms with van der Waals surface area (Å²) in [5.74, 6) is 0. The second kappa shape index (κ2) is 5.30. The van der Waals surface area contributed by atoms with E-state index in [0.29, 0.717) is 6.04 Å². The lowest BCUT2D eigenvalue weighted by Crippen LogP contribution is -2.19. The van der Waals surface area contributed by atoms with E-state index in [9.17, 15) is 0 Å². The molecule has 1 unspecified atom stereocenters. The molecule has 0 amide bonds. The van der Waals surface area contributed by atoms with Crippen LogP contribution in [0, 0.1) is 0 Å². The largest absolute Gasteiger partial charge is 0.310 e. The van der Waals surface area contributed by atoms with Crippen LogP contribution in [0.2, 0.25) is 0 Å². The number of hydrogen-bond acceptors (Lipinski definition) is 2. The average Bonchev–Trinajstić information content (AvgIpc) is 2.89. The molecule has 0 aliphatic heterocycles. The maximum Gasteiger partial charge on any atom is 0.0537 e. The first-order valence-electron chi connectivity index (χ1n) is 6.15. The molecule has 0 saturated carbocycles. The molecule has 0 radical (unpaired) electrons. The van der Waals surface area contributed by atoms with Gasteiger partial charge >= 0.3 is 0 Å². The zero-order valence-corrected chi connectivity index (χ0v) is 10.2. The molecule has 88 valence electrons. The summed E-state index contributed by atoms with van der Waals surface area (Å²) < 4.78 is 1.85. The Labute approximate surface area is 97.5 Å². The van der Waals surface area contributed by atoms with Crippen molar-refractivity contribution >= 4 is 0 Å². The maximum absolute atomic E-state index is 4.19. The third kappa shape index (κ3) is 2.95. The normalized spacial score (nSPS) is 17.5. The van der Waals surface area contributed by atoms with Crippen molar-refractivity contribution in [1.82, 2.24) is 15.1 Å². The predicted octanol–water partition coefficient (Wildman–Crippen LogP) is 2.57. The van der Waals surface area contributed by atoms with Crippen molar-refractivity contribution < 1.29 is 0 Å². The van der Waals surface area contributed by atoms with Crippen LogP contribution >= 0.6 is 0 Å². The second-order valence-electron chi connectivity index (χ2n) is 4.63. The van der Waals surface area contributed by atoms with E-state index in [1.54, 1.807) is 5.57 Å². The first kappa shape index (κ1) is 11.4. The van der Waals surface area contributed by atoms with Gasteiger partial charge in [-0.2, -0.15) is 5.10 Å². The van der Waals surface area contributed by atoms with E-state index < -0.39 is 0 Å². The lowest BCUT2D eigenvalue weighted by Gasteiger charge is -2.12. The van der Waals surface area contributed by atoms with Gasteiger partial charge in [-0.25, -0.2) is 0 Å². The number of allylic oxidation sites excluding steroid dienone is 1. The number of nitrogens with zero attached hydrogens (tertiary/aromatic N) is 2. The van der Waals surface area contributed by atoms with Crippen LogP contribution in [0.15, 0.2) is 24.0 Å². The van der Waals surface area contributed by atoms with Gasteiger partial charge < -0.3 is 5.32 Å². The highest BCUT2D eigenvalue weighted by Gasteiger charge is 2.08. The van der Waals surface area contributed by atoms with Crippen molar-refractivity contribution in [2.45, 2.75) is 38.6 Å². The Morgan fingerprint density at radius 2 is 2.44 bits per heavy atom. The van der Waals surface area contributed by atoms with Gasteiger partial charge in [0.15, 0.2) is 0 Å². The van der Waals surface area contributed by atoms with Crippen molar-refractivity contribution in [2.75, 3.05) is 6.54 Å². The Kier molecular flexibility index (Phi) is 3.78. The topological polar surface area (TPSA) is 29.9 Å². The van der Waals surface area contributed by atoms with Crippen LogP contribution in [0.3, 0.4) is 0 Å². The molecule has 1 aromatic heterocycles. The van der Waals surface area contributed by atoms with Crippen molar-refractivity contribution in [3.63, 3.8) is 0 Å². The van der Waals surface area contributed by atoms with E-state index in [2.05, 4.69) is 29.6 Å². The number of aryl methyl sites for hydroxylation is 1. The standard InChI is InChI=1S/C13H21N3/c1-11(13-9-15-16(2)10-13)14-8-7-12-5-3-4-6-12/h5,9-11,14H,3-4,6-8H2,1-2H3. The fraction of sp³-hybridized carbons (Fsp3) is 0.615. The minimum absolute atomic E-state index is 0.399. The predicted molar refractivity (Wildman–Crippen MR) is 66.2 cm³/mol. The Hall–Kier alpha value is -1.09. The minimum Gasteiger partial charge on any atom is -0.310 e. The van der Waals surface area contributed by atoms with Crippen LogP contribution in [-0.4, -0.2) is 16.3 Å². The van der Waals surface area contributed by atoms with Gasteiger partial charge in [-0.1, -0.05) is 11.6 Å². The van der Waals surface area contributed by atoms with Gasteiger partial charge in [0, 0.05) is 24.8 Å². The van der Waals surface area contributed by atoms with Crippen molar-refractivity contribution in [3.8, 4) is 0 Å². The average molecular weight is 219 g/mol. The lowest BCUT2D eigenvalue weighted by molar-refractivity contribution is 0.572. The fourth-order valence-electron chi connectivity index (χ4n) is 2.20. The SMILES string of the molecule is CC(NCCC1=CCCC1)c1cnn(C)c1. The summed E-state index contributed by atoms with van der Waals surface area (Å²) in [5.41, 5.74) is 2.90. The number of rotatable bonds is 5. The molecule has 2 rings (SSSR count). The van der Waals surface area contributed by atoms with Crippen LogP contribution in [0.1, 0.15) is 44.2 Å². The quantitative estimate of drug-likeness (QED) is 0.771. The summed E-state index contributed by atoms with van der Waals surface area (Å²) in [6.45, 7) is 3.27. The Morgan fingerprint density at radius 1 is 1.56 bits per heavy atom. The summed E-state index contributed by atoms with van der Waals surface area (Å²) >= 11 is 0. The molecular formula is C13H21N3. The second-order valence-corrected chi connectivity index (χ2v) is 4.63. The van der Waals surface area contributed by atoms with Crippen LogP contribution in [0.25, 0.3) is 0 Å². The molecule has 0 bridgehead atoms. The summed E-state index contributed by atoms with van der Waals surface area (Å²) in [4.78, 5) is 0. The van der Waals surface area contributed by atoms with Crippen molar-refractivity contribution in [2.24, 2.45) is 7.05 Å². The van der Waals surface area contributed by atoms with Crippen molar-refractivity contribution in [3.05, 3.63) is 29.6 Å². The molecule has 0 spiro atoms. The Morgan fingerprint density at radius 3 is 3.06 bits per heavy atom. The number of aromatic nitrogens is 2. The van der Waals surface area contributed by atoms with Gasteiger partial charge in [-0.15, -0.1) is 0 Å². The van der Waals surface area contributed by atoms with Gasteiger partial charge in [0.2, 0.25) is 0 Å². The van der Waals surface area contributed by atoms with Gasteiger partial charge in [0.25, 0.3) is 0 Å². The molecule has 1 heterocycles. The molecule has 0 aromatic carbocycles. The van der Waals surface area contributed by atoms with E-state index in [4.69, 9.17) is 0 Å². The zero-order chi connectivity index (χ0) is 11.4. The molecule has 0 saturated heterocycles. The highest BCUT2D eigenvalue weighted by Crippen LogP contribution is 2.20. The Balaban J connectivity index is 1.73. The van der Waals surface area contributed by atoms with E-state index in [0.717, 1.165) is 6.54 Å². The molecule has 16 heavy (non-hydrogen) atoms. The zero-order valence-electron chi connectivity index (χ0n) is 10.2. The smallest absolute Gasteiger partial charge is 0.0537 e. The van der Waals surface area contributed by atoms with Gasteiger partial charge in [0.1, 0.15) is 0 Å². The monoisotopic (exact) mass is 219 g/mol. The van der Waals surface area contributed by atoms with Crippen LogP contribution in [0.5, 0.6) is 0 Å². The van der Waals surface area contributed by atoms with Crippen LogP contribution in [0.4, 0.5) is 0 Å².